The third-order valence-corrected chi connectivity index (χ3v) is 1.62. The molecule has 0 fully saturated rings. The second kappa shape index (κ2) is 7.52. The van der Waals surface area contributed by atoms with Crippen LogP contribution >= 0.6 is 0 Å². The van der Waals surface area contributed by atoms with Crippen LogP contribution < -0.4 is 11.5 Å². The number of rotatable bonds is 3. The second-order valence-corrected chi connectivity index (χ2v) is 2.77. The molecular weight excluding hydrogens is 196 g/mol. The number of carboxylic acids is 1. The van der Waals surface area contributed by atoms with Crippen molar-refractivity contribution in [3.05, 3.63) is 35.9 Å². The zero-order chi connectivity index (χ0) is 11.7. The molecule has 0 spiro atoms. The summed E-state index contributed by atoms with van der Waals surface area (Å²) >= 11 is 0. The normalized spacial score (nSPS) is 10.7. The Balaban J connectivity index is 0.000000583. The van der Waals surface area contributed by atoms with Crippen LogP contribution in [0.4, 0.5) is 0 Å². The van der Waals surface area contributed by atoms with E-state index in [4.69, 9.17) is 15.6 Å². The number of carbonyl (C=O) groups is 2. The van der Waals surface area contributed by atoms with Crippen molar-refractivity contribution in [2.24, 2.45) is 11.5 Å². The molecule has 0 aliphatic heterocycles. The van der Waals surface area contributed by atoms with Crippen LogP contribution in [0.2, 0.25) is 0 Å². The molecule has 0 saturated heterocycles. The minimum absolute atomic E-state index is 0.250. The average Bonchev–Trinajstić information content (AvgIpc) is 2.20. The van der Waals surface area contributed by atoms with Crippen LogP contribution in [0.5, 0.6) is 0 Å². The van der Waals surface area contributed by atoms with Gasteiger partial charge in [-0.25, -0.2) is 0 Å². The summed E-state index contributed by atoms with van der Waals surface area (Å²) in [5.74, 6) is -0.959. The van der Waals surface area contributed by atoms with Crippen molar-refractivity contribution in [2.75, 3.05) is 0 Å². The van der Waals surface area contributed by atoms with Gasteiger partial charge < -0.3 is 16.6 Å². The zero-order valence-electron chi connectivity index (χ0n) is 8.17. The molecule has 1 amide bonds. The smallest absolute Gasteiger partial charge is 0.320 e. The topological polar surface area (TPSA) is 106 Å². The number of primary amides is 1. The van der Waals surface area contributed by atoms with Gasteiger partial charge in [0.1, 0.15) is 6.04 Å². The van der Waals surface area contributed by atoms with E-state index in [-0.39, 0.29) is 6.41 Å². The molecule has 0 radical (unpaired) electrons. The quantitative estimate of drug-likeness (QED) is 0.597. The molecule has 15 heavy (non-hydrogen) atoms. The van der Waals surface area contributed by atoms with Gasteiger partial charge in [-0.3, -0.25) is 9.59 Å². The van der Waals surface area contributed by atoms with Crippen molar-refractivity contribution < 1.29 is 14.7 Å². The number of hydrogen-bond acceptors (Lipinski definition) is 3. The molecule has 5 N–H and O–H groups in total. The predicted octanol–water partition coefficient (Wildman–Crippen LogP) is -0.257. The molecule has 5 nitrogen and oxygen atoms in total. The van der Waals surface area contributed by atoms with E-state index < -0.39 is 12.0 Å². The molecule has 0 aliphatic carbocycles. The average molecular weight is 210 g/mol. The summed E-state index contributed by atoms with van der Waals surface area (Å²) in [5.41, 5.74) is 10.5. The Labute approximate surface area is 87.7 Å². The number of benzene rings is 1. The van der Waals surface area contributed by atoms with Crippen LogP contribution in [0.25, 0.3) is 0 Å². The van der Waals surface area contributed by atoms with Crippen LogP contribution in [0.15, 0.2) is 30.3 Å². The number of nitrogens with two attached hydrogens (primary N) is 2. The maximum Gasteiger partial charge on any atom is 0.320 e. The maximum absolute atomic E-state index is 10.4. The van der Waals surface area contributed by atoms with E-state index in [9.17, 15) is 4.79 Å². The van der Waals surface area contributed by atoms with Gasteiger partial charge in [0.25, 0.3) is 0 Å². The lowest BCUT2D eigenvalue weighted by Crippen LogP contribution is -2.32. The minimum Gasteiger partial charge on any atom is -0.480 e. The predicted molar refractivity (Wildman–Crippen MR) is 56.0 cm³/mol. The molecule has 1 aromatic rings. The summed E-state index contributed by atoms with van der Waals surface area (Å²) in [7, 11) is 0. The van der Waals surface area contributed by atoms with Crippen LogP contribution in [0.1, 0.15) is 5.56 Å². The lowest BCUT2D eigenvalue weighted by molar-refractivity contribution is -0.138. The molecule has 0 saturated carbocycles. The van der Waals surface area contributed by atoms with Crippen LogP contribution in [0, 0.1) is 0 Å². The maximum atomic E-state index is 10.4. The van der Waals surface area contributed by atoms with E-state index in [1.54, 1.807) is 0 Å². The molecule has 0 unspecified atom stereocenters. The largest absolute Gasteiger partial charge is 0.480 e. The Morgan fingerprint density at radius 1 is 1.40 bits per heavy atom. The van der Waals surface area contributed by atoms with Crippen molar-refractivity contribution in [1.82, 2.24) is 0 Å². The number of hydrogen-bond donors (Lipinski definition) is 3. The van der Waals surface area contributed by atoms with Gasteiger partial charge in [0, 0.05) is 0 Å². The number of carbonyl (C=O) groups excluding carboxylic acids is 1. The van der Waals surface area contributed by atoms with Gasteiger partial charge in [0.15, 0.2) is 0 Å². The fraction of sp³-hybridized carbons (Fsp3) is 0.200. The van der Waals surface area contributed by atoms with Crippen molar-refractivity contribution >= 4 is 12.4 Å². The van der Waals surface area contributed by atoms with Gasteiger partial charge in [0.05, 0.1) is 0 Å². The molecule has 0 heterocycles. The van der Waals surface area contributed by atoms with Crippen molar-refractivity contribution in [3.8, 4) is 0 Å². The molecule has 1 atom stereocenters. The third-order valence-electron chi connectivity index (χ3n) is 1.62. The Morgan fingerprint density at radius 3 is 2.27 bits per heavy atom. The first kappa shape index (κ1) is 13.1. The Kier molecular flexibility index (Phi) is 6.57. The van der Waals surface area contributed by atoms with Gasteiger partial charge in [-0.05, 0) is 12.0 Å². The molecule has 82 valence electrons. The Hall–Kier alpha value is -1.88. The lowest BCUT2D eigenvalue weighted by atomic mass is 10.1. The highest BCUT2D eigenvalue weighted by Gasteiger charge is 2.10. The molecule has 5 heteroatoms. The SMILES string of the molecule is NC=O.N[C@H](Cc1ccccc1)C(=O)O. The number of amides is 1. The number of carboxylic acid groups (broad SMARTS) is 1. The molecule has 1 rings (SSSR count). The summed E-state index contributed by atoms with van der Waals surface area (Å²) in [6.45, 7) is 0. The molecular formula is C10H14N2O3. The van der Waals surface area contributed by atoms with E-state index in [0.29, 0.717) is 6.42 Å². The van der Waals surface area contributed by atoms with E-state index in [2.05, 4.69) is 5.73 Å². The van der Waals surface area contributed by atoms with E-state index in [0.717, 1.165) is 5.56 Å². The van der Waals surface area contributed by atoms with Crippen molar-refractivity contribution in [2.45, 2.75) is 12.5 Å². The van der Waals surface area contributed by atoms with Crippen LogP contribution in [-0.2, 0) is 16.0 Å². The highest BCUT2D eigenvalue weighted by molar-refractivity contribution is 5.73. The number of aliphatic carboxylic acids is 1. The molecule has 0 aliphatic rings. The fourth-order valence-corrected chi connectivity index (χ4v) is 0.955. The first-order valence-corrected chi connectivity index (χ1v) is 4.29. The van der Waals surface area contributed by atoms with E-state index in [1.165, 1.54) is 0 Å². The highest BCUT2D eigenvalue weighted by Crippen LogP contribution is 2.01. The van der Waals surface area contributed by atoms with Crippen molar-refractivity contribution in [3.63, 3.8) is 0 Å². The van der Waals surface area contributed by atoms with Gasteiger partial charge >= 0.3 is 5.97 Å². The van der Waals surface area contributed by atoms with Gasteiger partial charge in [-0.2, -0.15) is 0 Å². The third kappa shape index (κ3) is 6.23. The summed E-state index contributed by atoms with van der Waals surface area (Å²) in [5, 5.41) is 8.52. The first-order valence-electron chi connectivity index (χ1n) is 4.29. The summed E-state index contributed by atoms with van der Waals surface area (Å²) in [4.78, 5) is 19.0. The van der Waals surface area contributed by atoms with Crippen LogP contribution in [-0.4, -0.2) is 23.5 Å². The van der Waals surface area contributed by atoms with E-state index in [1.807, 2.05) is 30.3 Å². The zero-order valence-corrected chi connectivity index (χ0v) is 8.17. The van der Waals surface area contributed by atoms with Crippen LogP contribution in [0.3, 0.4) is 0 Å². The second-order valence-electron chi connectivity index (χ2n) is 2.77. The Bertz CT molecular complexity index is 301. The van der Waals surface area contributed by atoms with Gasteiger partial charge in [-0.15, -0.1) is 0 Å². The monoisotopic (exact) mass is 210 g/mol. The molecule has 1 aromatic carbocycles. The lowest BCUT2D eigenvalue weighted by Gasteiger charge is -2.04. The van der Waals surface area contributed by atoms with E-state index >= 15 is 0 Å². The first-order chi connectivity index (χ1) is 7.11. The molecule has 0 aromatic heterocycles. The van der Waals surface area contributed by atoms with Gasteiger partial charge in [0.2, 0.25) is 6.41 Å². The summed E-state index contributed by atoms with van der Waals surface area (Å²) in [6, 6.07) is 8.54. The molecule has 0 bridgehead atoms. The highest BCUT2D eigenvalue weighted by atomic mass is 16.4. The Morgan fingerprint density at radius 2 is 1.87 bits per heavy atom. The minimum atomic E-state index is -0.959. The summed E-state index contributed by atoms with van der Waals surface area (Å²) < 4.78 is 0. The van der Waals surface area contributed by atoms with Gasteiger partial charge in [-0.1, -0.05) is 30.3 Å². The standard InChI is InChI=1S/C9H11NO2.CH3NO/c10-8(9(11)12)6-7-4-2-1-3-5-7;2-1-3/h1-5,8H,6,10H2,(H,11,12);1H,(H2,2,3)/t8-;/m1./s1. The fourth-order valence-electron chi connectivity index (χ4n) is 0.955. The van der Waals surface area contributed by atoms with Crippen molar-refractivity contribution in [1.29, 1.82) is 0 Å². The summed E-state index contributed by atoms with van der Waals surface area (Å²) in [6.07, 6.45) is 0.635.